The van der Waals surface area contributed by atoms with Crippen LogP contribution in [0.3, 0.4) is 0 Å². The Bertz CT molecular complexity index is 783. The third kappa shape index (κ3) is 5.73. The number of para-hydroxylation sites is 1. The first-order valence-electron chi connectivity index (χ1n) is 8.39. The summed E-state index contributed by atoms with van der Waals surface area (Å²) >= 11 is 0. The standard InChI is InChI=1S/C20H22N2O4/c1-15(2)18-5-3-4-6-19(18)26-14-13-21-20(23)12-9-16-7-10-17(11-8-16)22(24)25/h3-12,15H,13-14H2,1-2H3,(H,21,23)/b12-9+. The molecule has 0 unspecified atom stereocenters. The largest absolute Gasteiger partial charge is 0.491 e. The van der Waals surface area contributed by atoms with Gasteiger partial charge >= 0.3 is 0 Å². The van der Waals surface area contributed by atoms with Crippen LogP contribution in [0.5, 0.6) is 5.75 Å². The Kier molecular flexibility index (Phi) is 6.91. The highest BCUT2D eigenvalue weighted by molar-refractivity contribution is 5.91. The number of nitro groups is 1. The molecule has 0 fully saturated rings. The van der Waals surface area contributed by atoms with Crippen LogP contribution in [0, 0.1) is 10.1 Å². The summed E-state index contributed by atoms with van der Waals surface area (Å²) in [5.41, 5.74) is 1.87. The van der Waals surface area contributed by atoms with Crippen LogP contribution in [0.2, 0.25) is 0 Å². The molecule has 0 aliphatic heterocycles. The molecule has 0 atom stereocenters. The molecular weight excluding hydrogens is 332 g/mol. The Labute approximate surface area is 152 Å². The molecule has 136 valence electrons. The molecule has 0 aliphatic rings. The Hall–Kier alpha value is -3.15. The lowest BCUT2D eigenvalue weighted by molar-refractivity contribution is -0.384. The van der Waals surface area contributed by atoms with E-state index < -0.39 is 4.92 Å². The van der Waals surface area contributed by atoms with Crippen molar-refractivity contribution in [3.05, 3.63) is 75.8 Å². The SMILES string of the molecule is CC(C)c1ccccc1OCCNC(=O)/C=C/c1ccc([N+](=O)[O-])cc1. The number of hydrogen-bond acceptors (Lipinski definition) is 4. The second kappa shape index (κ2) is 9.36. The maximum atomic E-state index is 11.8. The van der Waals surface area contributed by atoms with Crippen molar-refractivity contribution in [2.24, 2.45) is 0 Å². The van der Waals surface area contributed by atoms with Crippen molar-refractivity contribution in [3.63, 3.8) is 0 Å². The van der Waals surface area contributed by atoms with Crippen molar-refractivity contribution in [1.29, 1.82) is 0 Å². The van der Waals surface area contributed by atoms with Crippen molar-refractivity contribution >= 4 is 17.7 Å². The van der Waals surface area contributed by atoms with Crippen molar-refractivity contribution in [2.45, 2.75) is 19.8 Å². The number of carbonyl (C=O) groups is 1. The minimum absolute atomic E-state index is 0.0189. The van der Waals surface area contributed by atoms with Crippen LogP contribution >= 0.6 is 0 Å². The highest BCUT2D eigenvalue weighted by Gasteiger charge is 2.06. The summed E-state index contributed by atoms with van der Waals surface area (Å²) in [5, 5.41) is 13.3. The van der Waals surface area contributed by atoms with Gasteiger partial charge in [0.05, 0.1) is 11.5 Å². The third-order valence-electron chi connectivity index (χ3n) is 3.73. The molecule has 0 spiro atoms. The van der Waals surface area contributed by atoms with Crippen molar-refractivity contribution in [3.8, 4) is 5.75 Å². The van der Waals surface area contributed by atoms with Crippen molar-refractivity contribution in [2.75, 3.05) is 13.2 Å². The van der Waals surface area contributed by atoms with Gasteiger partial charge in [-0.1, -0.05) is 32.0 Å². The van der Waals surface area contributed by atoms with Gasteiger partial charge in [-0.15, -0.1) is 0 Å². The lowest BCUT2D eigenvalue weighted by Crippen LogP contribution is -2.26. The first kappa shape index (κ1) is 19.2. The third-order valence-corrected chi connectivity index (χ3v) is 3.73. The van der Waals surface area contributed by atoms with E-state index in [2.05, 4.69) is 19.2 Å². The Morgan fingerprint density at radius 1 is 1.19 bits per heavy atom. The van der Waals surface area contributed by atoms with Gasteiger partial charge in [0, 0.05) is 18.2 Å². The highest BCUT2D eigenvalue weighted by Crippen LogP contribution is 2.25. The van der Waals surface area contributed by atoms with E-state index in [9.17, 15) is 14.9 Å². The van der Waals surface area contributed by atoms with E-state index in [4.69, 9.17) is 4.74 Å². The maximum Gasteiger partial charge on any atom is 0.269 e. The van der Waals surface area contributed by atoms with Gasteiger partial charge in [-0.2, -0.15) is 0 Å². The number of nitrogens with zero attached hydrogens (tertiary/aromatic N) is 1. The van der Waals surface area contributed by atoms with Gasteiger partial charge < -0.3 is 10.1 Å². The molecule has 1 N–H and O–H groups in total. The summed E-state index contributed by atoms with van der Waals surface area (Å²) in [6.45, 7) is 4.97. The summed E-state index contributed by atoms with van der Waals surface area (Å²) in [6.07, 6.45) is 3.00. The number of rotatable bonds is 8. The first-order valence-corrected chi connectivity index (χ1v) is 8.39. The fourth-order valence-electron chi connectivity index (χ4n) is 2.36. The maximum absolute atomic E-state index is 11.8. The Morgan fingerprint density at radius 3 is 2.54 bits per heavy atom. The summed E-state index contributed by atoms with van der Waals surface area (Å²) in [6, 6.07) is 13.8. The monoisotopic (exact) mass is 354 g/mol. The molecule has 0 radical (unpaired) electrons. The molecule has 2 rings (SSSR count). The molecule has 0 aromatic heterocycles. The molecule has 6 heteroatoms. The molecule has 0 aliphatic carbocycles. The van der Waals surface area contributed by atoms with E-state index in [1.165, 1.54) is 18.2 Å². The lowest BCUT2D eigenvalue weighted by atomic mass is 10.0. The average molecular weight is 354 g/mol. The minimum atomic E-state index is -0.461. The van der Waals surface area contributed by atoms with E-state index in [0.29, 0.717) is 24.6 Å². The Morgan fingerprint density at radius 2 is 1.88 bits per heavy atom. The van der Waals surface area contributed by atoms with E-state index >= 15 is 0 Å². The zero-order valence-electron chi connectivity index (χ0n) is 14.8. The molecule has 1 amide bonds. The van der Waals surface area contributed by atoms with Gasteiger partial charge in [-0.05, 0) is 41.3 Å². The van der Waals surface area contributed by atoms with Gasteiger partial charge in [0.25, 0.3) is 5.69 Å². The molecule has 0 saturated carbocycles. The predicted octanol–water partition coefficient (Wildman–Crippen LogP) is 3.93. The molecule has 6 nitrogen and oxygen atoms in total. The number of nitrogens with one attached hydrogen (secondary N) is 1. The van der Waals surface area contributed by atoms with E-state index in [-0.39, 0.29) is 11.6 Å². The smallest absolute Gasteiger partial charge is 0.269 e. The number of amides is 1. The number of non-ortho nitro benzene ring substituents is 1. The van der Waals surface area contributed by atoms with E-state index in [1.807, 2.05) is 24.3 Å². The second-order valence-electron chi connectivity index (χ2n) is 6.01. The van der Waals surface area contributed by atoms with Crippen LogP contribution in [0.1, 0.15) is 30.9 Å². The fraction of sp³-hybridized carbons (Fsp3) is 0.250. The van der Waals surface area contributed by atoms with Crippen LogP contribution in [-0.4, -0.2) is 24.0 Å². The average Bonchev–Trinajstić information content (AvgIpc) is 2.64. The predicted molar refractivity (Wildman–Crippen MR) is 101 cm³/mol. The molecule has 2 aromatic carbocycles. The van der Waals surface area contributed by atoms with Crippen LogP contribution in [0.4, 0.5) is 5.69 Å². The number of ether oxygens (including phenoxy) is 1. The van der Waals surface area contributed by atoms with E-state index in [0.717, 1.165) is 11.3 Å². The minimum Gasteiger partial charge on any atom is -0.491 e. The summed E-state index contributed by atoms with van der Waals surface area (Å²) in [5.74, 6) is 0.952. The van der Waals surface area contributed by atoms with Crippen LogP contribution < -0.4 is 10.1 Å². The zero-order chi connectivity index (χ0) is 18.9. The highest BCUT2D eigenvalue weighted by atomic mass is 16.6. The summed E-state index contributed by atoms with van der Waals surface area (Å²) < 4.78 is 5.74. The normalized spacial score (nSPS) is 10.9. The number of carbonyl (C=O) groups excluding carboxylic acids is 1. The zero-order valence-corrected chi connectivity index (χ0v) is 14.8. The molecule has 26 heavy (non-hydrogen) atoms. The van der Waals surface area contributed by atoms with Gasteiger partial charge in [0.2, 0.25) is 5.91 Å². The molecule has 0 bridgehead atoms. The van der Waals surface area contributed by atoms with Crippen molar-refractivity contribution in [1.82, 2.24) is 5.32 Å². The second-order valence-corrected chi connectivity index (χ2v) is 6.01. The Balaban J connectivity index is 1.78. The number of hydrogen-bond donors (Lipinski definition) is 1. The van der Waals surface area contributed by atoms with Crippen LogP contribution in [-0.2, 0) is 4.79 Å². The van der Waals surface area contributed by atoms with Gasteiger partial charge in [0.1, 0.15) is 12.4 Å². The number of benzene rings is 2. The van der Waals surface area contributed by atoms with Gasteiger partial charge in [0.15, 0.2) is 0 Å². The van der Waals surface area contributed by atoms with Crippen LogP contribution in [0.25, 0.3) is 6.08 Å². The van der Waals surface area contributed by atoms with E-state index in [1.54, 1.807) is 18.2 Å². The van der Waals surface area contributed by atoms with Crippen LogP contribution in [0.15, 0.2) is 54.6 Å². The van der Waals surface area contributed by atoms with Crippen molar-refractivity contribution < 1.29 is 14.5 Å². The number of nitro benzene ring substituents is 1. The first-order chi connectivity index (χ1) is 12.5. The fourth-order valence-corrected chi connectivity index (χ4v) is 2.36. The van der Waals surface area contributed by atoms with Gasteiger partial charge in [-0.25, -0.2) is 0 Å². The molecule has 0 saturated heterocycles. The molecule has 0 heterocycles. The quantitative estimate of drug-likeness (QED) is 0.337. The lowest BCUT2D eigenvalue weighted by Gasteiger charge is -2.13. The summed E-state index contributed by atoms with van der Waals surface area (Å²) in [4.78, 5) is 22.0. The molecular formula is C20H22N2O4. The topological polar surface area (TPSA) is 81.5 Å². The van der Waals surface area contributed by atoms with Gasteiger partial charge in [-0.3, -0.25) is 14.9 Å². The molecule has 2 aromatic rings. The summed E-state index contributed by atoms with van der Waals surface area (Å²) in [7, 11) is 0.